The summed E-state index contributed by atoms with van der Waals surface area (Å²) >= 11 is 12.0. The second kappa shape index (κ2) is 8.41. The summed E-state index contributed by atoms with van der Waals surface area (Å²) in [5.41, 5.74) is -0.148. The highest BCUT2D eigenvalue weighted by Crippen LogP contribution is 2.25. The smallest absolute Gasteiger partial charge is 0.237 e. The molecule has 0 aromatic heterocycles. The number of nitrogens with zero attached hydrogens (tertiary/aromatic N) is 1. The molecule has 138 valence electrons. The van der Waals surface area contributed by atoms with Crippen LogP contribution >= 0.6 is 23.2 Å². The fourth-order valence-corrected chi connectivity index (χ4v) is 3.46. The summed E-state index contributed by atoms with van der Waals surface area (Å²) in [5.74, 6) is 0.299. The third kappa shape index (κ3) is 5.11. The maximum atomic E-state index is 12.7. The molecule has 0 unspecified atom stereocenters. The summed E-state index contributed by atoms with van der Waals surface area (Å²) in [6.07, 6.45) is 2.59. The van der Waals surface area contributed by atoms with Gasteiger partial charge in [-0.05, 0) is 56.7 Å². The van der Waals surface area contributed by atoms with Crippen molar-refractivity contribution in [3.8, 4) is 0 Å². The number of likely N-dealkylation sites (tertiary alicyclic amines) is 1. The minimum atomic E-state index is -1.07. The Morgan fingerprint density at radius 3 is 2.48 bits per heavy atom. The van der Waals surface area contributed by atoms with Gasteiger partial charge in [-0.3, -0.25) is 9.59 Å². The Hall–Kier alpha value is -1.26. The van der Waals surface area contributed by atoms with Gasteiger partial charge in [0.25, 0.3) is 0 Å². The number of amides is 2. The zero-order valence-electron chi connectivity index (χ0n) is 15.1. The topological polar surface area (TPSA) is 49.4 Å². The van der Waals surface area contributed by atoms with Crippen LogP contribution < -0.4 is 5.32 Å². The van der Waals surface area contributed by atoms with Gasteiger partial charge in [0.05, 0.1) is 0 Å². The zero-order valence-corrected chi connectivity index (χ0v) is 16.6. The molecule has 1 saturated heterocycles. The third-order valence-corrected chi connectivity index (χ3v) is 5.46. The van der Waals surface area contributed by atoms with Gasteiger partial charge in [0, 0.05) is 29.7 Å². The Bertz CT molecular complexity index is 638. The van der Waals surface area contributed by atoms with E-state index in [0.717, 1.165) is 31.5 Å². The lowest BCUT2D eigenvalue weighted by Gasteiger charge is -2.35. The number of hydrogen-bond acceptors (Lipinski definition) is 2. The van der Waals surface area contributed by atoms with Gasteiger partial charge in [-0.15, -0.1) is 0 Å². The van der Waals surface area contributed by atoms with Gasteiger partial charge in [0.15, 0.2) is 0 Å². The molecule has 2 amide bonds. The number of piperidine rings is 1. The molecule has 0 aliphatic carbocycles. The van der Waals surface area contributed by atoms with Crippen LogP contribution in [0.2, 0.25) is 10.0 Å². The van der Waals surface area contributed by atoms with Crippen LogP contribution in [0, 0.1) is 11.3 Å². The van der Waals surface area contributed by atoms with E-state index in [1.807, 2.05) is 11.0 Å². The molecule has 4 nitrogen and oxygen atoms in total. The van der Waals surface area contributed by atoms with E-state index < -0.39 is 5.41 Å². The molecule has 25 heavy (non-hydrogen) atoms. The van der Waals surface area contributed by atoms with E-state index in [0.29, 0.717) is 28.9 Å². The van der Waals surface area contributed by atoms with Gasteiger partial charge < -0.3 is 10.2 Å². The second-order valence-electron chi connectivity index (χ2n) is 7.34. The van der Waals surface area contributed by atoms with Gasteiger partial charge in [0.1, 0.15) is 5.41 Å². The van der Waals surface area contributed by atoms with Crippen LogP contribution in [0.15, 0.2) is 18.2 Å². The fraction of sp³-hybridized carbons (Fsp3) is 0.579. The molecule has 0 spiro atoms. The lowest BCUT2D eigenvalue weighted by Crippen LogP contribution is -2.51. The van der Waals surface area contributed by atoms with Crippen LogP contribution in [0.5, 0.6) is 0 Å². The number of nitrogens with one attached hydrogen (secondary N) is 1. The Balaban J connectivity index is 1.88. The quantitative estimate of drug-likeness (QED) is 0.781. The number of hydrogen-bond donors (Lipinski definition) is 1. The molecule has 1 aromatic rings. The van der Waals surface area contributed by atoms with Crippen molar-refractivity contribution >= 4 is 35.0 Å². The SMILES string of the molecule is CC1CCN(C(=O)C(C)(C)C(=O)NCCc2ccc(Cl)cc2Cl)CC1. The van der Waals surface area contributed by atoms with Crippen LogP contribution in [-0.2, 0) is 16.0 Å². The molecule has 1 heterocycles. The molecule has 1 fully saturated rings. The minimum absolute atomic E-state index is 0.0959. The van der Waals surface area contributed by atoms with Crippen LogP contribution in [0.4, 0.5) is 0 Å². The van der Waals surface area contributed by atoms with Crippen molar-refractivity contribution in [1.29, 1.82) is 0 Å². The van der Waals surface area contributed by atoms with E-state index >= 15 is 0 Å². The maximum Gasteiger partial charge on any atom is 0.237 e. The summed E-state index contributed by atoms with van der Waals surface area (Å²) < 4.78 is 0. The molecule has 1 aliphatic rings. The monoisotopic (exact) mass is 384 g/mol. The van der Waals surface area contributed by atoms with Gasteiger partial charge >= 0.3 is 0 Å². The average Bonchev–Trinajstić information content (AvgIpc) is 2.56. The third-order valence-electron chi connectivity index (χ3n) is 4.87. The van der Waals surface area contributed by atoms with Crippen molar-refractivity contribution in [2.45, 2.75) is 40.0 Å². The largest absolute Gasteiger partial charge is 0.355 e. The predicted octanol–water partition coefficient (Wildman–Crippen LogP) is 3.94. The van der Waals surface area contributed by atoms with Crippen molar-refractivity contribution in [3.63, 3.8) is 0 Å². The molecule has 0 bridgehead atoms. The maximum absolute atomic E-state index is 12.7. The normalized spacial score (nSPS) is 16.0. The molecule has 1 N–H and O–H groups in total. The minimum Gasteiger partial charge on any atom is -0.355 e. The number of carbonyl (C=O) groups excluding carboxylic acids is 2. The summed E-state index contributed by atoms with van der Waals surface area (Å²) in [6.45, 7) is 7.47. The highest BCUT2D eigenvalue weighted by molar-refractivity contribution is 6.35. The van der Waals surface area contributed by atoms with Crippen LogP contribution in [0.25, 0.3) is 0 Å². The predicted molar refractivity (Wildman–Crippen MR) is 102 cm³/mol. The molecule has 0 atom stereocenters. The summed E-state index contributed by atoms with van der Waals surface area (Å²) in [4.78, 5) is 27.1. The second-order valence-corrected chi connectivity index (χ2v) is 8.18. The molecule has 1 aromatic carbocycles. The lowest BCUT2D eigenvalue weighted by molar-refractivity contribution is -0.149. The van der Waals surface area contributed by atoms with Crippen molar-refractivity contribution in [3.05, 3.63) is 33.8 Å². The van der Waals surface area contributed by atoms with Crippen molar-refractivity contribution in [1.82, 2.24) is 10.2 Å². The van der Waals surface area contributed by atoms with E-state index in [-0.39, 0.29) is 11.8 Å². The average molecular weight is 385 g/mol. The van der Waals surface area contributed by atoms with Gasteiger partial charge in [-0.25, -0.2) is 0 Å². The van der Waals surface area contributed by atoms with E-state index in [4.69, 9.17) is 23.2 Å². The van der Waals surface area contributed by atoms with Crippen LogP contribution in [0.3, 0.4) is 0 Å². The Morgan fingerprint density at radius 1 is 1.24 bits per heavy atom. The highest BCUT2D eigenvalue weighted by Gasteiger charge is 2.39. The van der Waals surface area contributed by atoms with Gasteiger partial charge in [0.2, 0.25) is 11.8 Å². The molecule has 6 heteroatoms. The summed E-state index contributed by atoms with van der Waals surface area (Å²) in [6, 6.07) is 5.31. The Morgan fingerprint density at radius 2 is 1.88 bits per heavy atom. The van der Waals surface area contributed by atoms with Crippen molar-refractivity contribution < 1.29 is 9.59 Å². The lowest BCUT2D eigenvalue weighted by atomic mass is 9.88. The van der Waals surface area contributed by atoms with Gasteiger partial charge in [-0.1, -0.05) is 36.2 Å². The molecule has 0 radical (unpaired) electrons. The standard InChI is InChI=1S/C19H26Cl2N2O2/c1-13-7-10-23(11-8-13)18(25)19(2,3)17(24)22-9-6-14-4-5-15(20)12-16(14)21/h4-5,12-13H,6-11H2,1-3H3,(H,22,24). The number of halogens is 2. The molecule has 0 saturated carbocycles. The highest BCUT2D eigenvalue weighted by atomic mass is 35.5. The summed E-state index contributed by atoms with van der Waals surface area (Å²) in [7, 11) is 0. The zero-order chi connectivity index (χ0) is 18.6. The van der Waals surface area contributed by atoms with Gasteiger partial charge in [-0.2, -0.15) is 0 Å². The number of benzene rings is 1. The van der Waals surface area contributed by atoms with Crippen molar-refractivity contribution in [2.24, 2.45) is 11.3 Å². The number of carbonyl (C=O) groups is 2. The van der Waals surface area contributed by atoms with Crippen LogP contribution in [-0.4, -0.2) is 36.3 Å². The van der Waals surface area contributed by atoms with Crippen molar-refractivity contribution in [2.75, 3.05) is 19.6 Å². The Kier molecular flexibility index (Phi) is 6.75. The fourth-order valence-electron chi connectivity index (χ4n) is 2.96. The first-order valence-electron chi connectivity index (χ1n) is 8.73. The first kappa shape index (κ1) is 20.1. The first-order valence-corrected chi connectivity index (χ1v) is 9.49. The van der Waals surface area contributed by atoms with E-state index in [1.54, 1.807) is 26.0 Å². The van der Waals surface area contributed by atoms with Crippen LogP contribution in [0.1, 0.15) is 39.2 Å². The van der Waals surface area contributed by atoms with E-state index in [9.17, 15) is 9.59 Å². The molecular formula is C19H26Cl2N2O2. The van der Waals surface area contributed by atoms with E-state index in [2.05, 4.69) is 12.2 Å². The summed E-state index contributed by atoms with van der Waals surface area (Å²) in [5, 5.41) is 4.03. The van der Waals surface area contributed by atoms with E-state index in [1.165, 1.54) is 0 Å². The molecular weight excluding hydrogens is 359 g/mol. The molecule has 1 aliphatic heterocycles. The Labute approximate surface area is 159 Å². The molecule has 2 rings (SSSR count). The number of rotatable bonds is 5. The first-order chi connectivity index (χ1) is 11.7.